The van der Waals surface area contributed by atoms with Crippen LogP contribution in [0.1, 0.15) is 21.6 Å². The van der Waals surface area contributed by atoms with Gasteiger partial charge in [-0.3, -0.25) is 9.78 Å². The first-order valence-corrected chi connectivity index (χ1v) is 8.39. The van der Waals surface area contributed by atoms with Gasteiger partial charge in [0.1, 0.15) is 5.75 Å². The summed E-state index contributed by atoms with van der Waals surface area (Å²) in [4.78, 5) is 20.5. The second-order valence-corrected chi connectivity index (χ2v) is 6.18. The molecule has 0 spiro atoms. The number of para-hydroxylation sites is 1. The Hall–Kier alpha value is -3.40. The van der Waals surface area contributed by atoms with Crippen molar-refractivity contribution in [2.45, 2.75) is 6.92 Å². The summed E-state index contributed by atoms with van der Waals surface area (Å²) in [6.07, 6.45) is 5.36. The van der Waals surface area contributed by atoms with E-state index >= 15 is 0 Å². The molecule has 2 aromatic carbocycles. The third kappa shape index (κ3) is 2.86. The van der Waals surface area contributed by atoms with Gasteiger partial charge in [0.2, 0.25) is 0 Å². The van der Waals surface area contributed by atoms with Crippen LogP contribution < -0.4 is 4.74 Å². The maximum absolute atomic E-state index is 12.8. The summed E-state index contributed by atoms with van der Waals surface area (Å²) in [5.41, 5.74) is 4.28. The number of ketones is 1. The Morgan fingerprint density at radius 2 is 1.96 bits per heavy atom. The van der Waals surface area contributed by atoms with Gasteiger partial charge in [0.05, 0.1) is 12.6 Å². The lowest BCUT2D eigenvalue weighted by Gasteiger charge is -2.04. The number of aromatic nitrogens is 2. The Kier molecular flexibility index (Phi) is 4.01. The van der Waals surface area contributed by atoms with E-state index in [1.165, 1.54) is 0 Å². The van der Waals surface area contributed by atoms with E-state index in [1.807, 2.05) is 67.7 Å². The minimum Gasteiger partial charge on any atom is -0.497 e. The lowest BCUT2D eigenvalue weighted by atomic mass is 10.0. The molecule has 4 nitrogen and oxygen atoms in total. The predicted octanol–water partition coefficient (Wildman–Crippen LogP) is 4.93. The van der Waals surface area contributed by atoms with Crippen LogP contribution in [0.25, 0.3) is 27.9 Å². The highest BCUT2D eigenvalue weighted by atomic mass is 16.5. The fourth-order valence-electron chi connectivity index (χ4n) is 3.16. The molecule has 0 aliphatic carbocycles. The van der Waals surface area contributed by atoms with Crippen molar-refractivity contribution in [1.82, 2.24) is 9.97 Å². The largest absolute Gasteiger partial charge is 0.497 e. The van der Waals surface area contributed by atoms with Crippen LogP contribution in [0.15, 0.2) is 60.8 Å². The number of ether oxygens (including phenoxy) is 1. The van der Waals surface area contributed by atoms with Crippen LogP contribution in [-0.4, -0.2) is 22.9 Å². The number of rotatable bonds is 4. The fraction of sp³-hybridized carbons (Fsp3) is 0.0909. The zero-order chi connectivity index (χ0) is 18.1. The molecule has 4 rings (SSSR count). The number of H-pyrrole nitrogens is 1. The van der Waals surface area contributed by atoms with Gasteiger partial charge in [-0.25, -0.2) is 0 Å². The number of pyridine rings is 1. The Labute approximate surface area is 151 Å². The van der Waals surface area contributed by atoms with E-state index in [1.54, 1.807) is 13.2 Å². The maximum Gasteiger partial charge on any atom is 0.186 e. The number of methoxy groups -OCH3 is 1. The molecule has 0 unspecified atom stereocenters. The quantitative estimate of drug-likeness (QED) is 0.423. The van der Waals surface area contributed by atoms with Crippen molar-refractivity contribution in [3.63, 3.8) is 0 Å². The molecular weight excluding hydrogens is 324 g/mol. The zero-order valence-corrected chi connectivity index (χ0v) is 14.6. The summed E-state index contributed by atoms with van der Waals surface area (Å²) in [6, 6.07) is 15.4. The van der Waals surface area contributed by atoms with Gasteiger partial charge in [-0.1, -0.05) is 18.2 Å². The minimum atomic E-state index is -0.0328. The molecule has 1 N–H and O–H groups in total. The number of aryl methyl sites for hydroxylation is 1. The second kappa shape index (κ2) is 6.48. The summed E-state index contributed by atoms with van der Waals surface area (Å²) >= 11 is 0. The first kappa shape index (κ1) is 16.1. The number of hydrogen-bond donors (Lipinski definition) is 1. The SMILES string of the molecule is COc1ccc2c(/C=C/C(=O)c3cc(C)nc4ccccc34)c[nH]c2c1. The highest BCUT2D eigenvalue weighted by Gasteiger charge is 2.10. The van der Waals surface area contributed by atoms with Crippen molar-refractivity contribution in [3.8, 4) is 5.75 Å². The molecular formula is C22H18N2O2. The monoisotopic (exact) mass is 342 g/mol. The highest BCUT2D eigenvalue weighted by molar-refractivity contribution is 6.14. The molecule has 4 heteroatoms. The summed E-state index contributed by atoms with van der Waals surface area (Å²) in [5, 5.41) is 1.92. The van der Waals surface area contributed by atoms with E-state index in [-0.39, 0.29) is 5.78 Å². The molecule has 0 fully saturated rings. The number of aromatic amines is 1. The first-order chi connectivity index (χ1) is 12.7. The van der Waals surface area contributed by atoms with Gasteiger partial charge in [0.25, 0.3) is 0 Å². The average Bonchev–Trinajstić information content (AvgIpc) is 3.07. The van der Waals surface area contributed by atoms with Gasteiger partial charge >= 0.3 is 0 Å². The van der Waals surface area contributed by atoms with Crippen LogP contribution in [0.5, 0.6) is 5.75 Å². The number of hydrogen-bond acceptors (Lipinski definition) is 3. The Morgan fingerprint density at radius 3 is 2.81 bits per heavy atom. The van der Waals surface area contributed by atoms with E-state index in [0.29, 0.717) is 5.56 Å². The third-order valence-corrected chi connectivity index (χ3v) is 4.44. The predicted molar refractivity (Wildman–Crippen MR) is 105 cm³/mol. The number of fused-ring (bicyclic) bond motifs is 2. The Balaban J connectivity index is 1.71. The number of nitrogens with zero attached hydrogens (tertiary/aromatic N) is 1. The number of nitrogens with one attached hydrogen (secondary N) is 1. The molecule has 0 bridgehead atoms. The molecule has 0 amide bonds. The minimum absolute atomic E-state index is 0.0328. The molecule has 0 aliphatic heterocycles. The van der Waals surface area contributed by atoms with E-state index in [0.717, 1.165) is 38.8 Å². The molecule has 2 heterocycles. The normalized spacial score (nSPS) is 11.5. The Bertz CT molecular complexity index is 1160. The van der Waals surface area contributed by atoms with Crippen molar-refractivity contribution in [2.75, 3.05) is 7.11 Å². The van der Waals surface area contributed by atoms with Crippen molar-refractivity contribution in [3.05, 3.63) is 77.6 Å². The number of carbonyl (C=O) groups excluding carboxylic acids is 1. The van der Waals surface area contributed by atoms with E-state index in [9.17, 15) is 4.79 Å². The highest BCUT2D eigenvalue weighted by Crippen LogP contribution is 2.25. The molecule has 4 aromatic rings. The standard InChI is InChI=1S/C22H18N2O2/c1-14-11-19(18-5-3-4-6-20(18)24-14)22(25)10-7-15-13-23-21-12-16(26-2)8-9-17(15)21/h3-13,23H,1-2H3/b10-7+. The molecule has 2 aromatic heterocycles. The van der Waals surface area contributed by atoms with E-state index in [4.69, 9.17) is 4.74 Å². The van der Waals surface area contributed by atoms with Gasteiger partial charge in [0, 0.05) is 39.8 Å². The van der Waals surface area contributed by atoms with Crippen LogP contribution in [0.3, 0.4) is 0 Å². The molecule has 128 valence electrons. The molecule has 0 atom stereocenters. The van der Waals surface area contributed by atoms with Gasteiger partial charge in [-0.2, -0.15) is 0 Å². The maximum atomic E-state index is 12.8. The van der Waals surface area contributed by atoms with Crippen molar-refractivity contribution in [1.29, 1.82) is 0 Å². The molecule has 26 heavy (non-hydrogen) atoms. The first-order valence-electron chi connectivity index (χ1n) is 8.39. The lowest BCUT2D eigenvalue weighted by Crippen LogP contribution is -1.98. The van der Waals surface area contributed by atoms with Gasteiger partial charge in [-0.15, -0.1) is 0 Å². The van der Waals surface area contributed by atoms with Crippen molar-refractivity contribution in [2.24, 2.45) is 0 Å². The zero-order valence-electron chi connectivity index (χ0n) is 14.6. The van der Waals surface area contributed by atoms with Crippen molar-refractivity contribution >= 4 is 33.7 Å². The molecule has 0 saturated carbocycles. The molecule has 0 saturated heterocycles. The lowest BCUT2D eigenvalue weighted by molar-refractivity contribution is 0.104. The summed E-state index contributed by atoms with van der Waals surface area (Å²) < 4.78 is 5.24. The number of benzene rings is 2. The van der Waals surface area contributed by atoms with Crippen LogP contribution in [0.4, 0.5) is 0 Å². The van der Waals surface area contributed by atoms with Crippen LogP contribution in [0.2, 0.25) is 0 Å². The van der Waals surface area contributed by atoms with E-state index in [2.05, 4.69) is 9.97 Å². The molecule has 0 radical (unpaired) electrons. The molecule has 0 aliphatic rings. The van der Waals surface area contributed by atoms with Gasteiger partial charge < -0.3 is 9.72 Å². The van der Waals surface area contributed by atoms with Gasteiger partial charge in [0.15, 0.2) is 5.78 Å². The van der Waals surface area contributed by atoms with Crippen LogP contribution in [0, 0.1) is 6.92 Å². The van der Waals surface area contributed by atoms with Crippen molar-refractivity contribution < 1.29 is 9.53 Å². The van der Waals surface area contributed by atoms with E-state index < -0.39 is 0 Å². The Morgan fingerprint density at radius 1 is 1.12 bits per heavy atom. The second-order valence-electron chi connectivity index (χ2n) is 6.18. The topological polar surface area (TPSA) is 55.0 Å². The smallest absolute Gasteiger partial charge is 0.186 e. The average molecular weight is 342 g/mol. The van der Waals surface area contributed by atoms with Crippen LogP contribution in [-0.2, 0) is 0 Å². The number of carbonyl (C=O) groups is 1. The number of allylic oxidation sites excluding steroid dienone is 1. The summed E-state index contributed by atoms with van der Waals surface area (Å²) in [7, 11) is 1.64. The summed E-state index contributed by atoms with van der Waals surface area (Å²) in [5.74, 6) is 0.763. The fourth-order valence-corrected chi connectivity index (χ4v) is 3.16. The third-order valence-electron chi connectivity index (χ3n) is 4.44. The van der Waals surface area contributed by atoms with Crippen LogP contribution >= 0.6 is 0 Å². The van der Waals surface area contributed by atoms with Gasteiger partial charge in [-0.05, 0) is 48.9 Å². The summed E-state index contributed by atoms with van der Waals surface area (Å²) in [6.45, 7) is 1.90.